The second kappa shape index (κ2) is 7.41. The maximum Gasteiger partial charge on any atom is 0.337 e. The Bertz CT molecular complexity index is 1070. The van der Waals surface area contributed by atoms with Gasteiger partial charge in [0, 0.05) is 24.2 Å². The minimum Gasteiger partial charge on any atom is -0.493 e. The number of aromatic carboxylic acids is 1. The summed E-state index contributed by atoms with van der Waals surface area (Å²) in [6.07, 6.45) is 2.99. The number of anilines is 1. The number of pyridine rings is 1. The zero-order valence-corrected chi connectivity index (χ0v) is 14.9. The lowest BCUT2D eigenvalue weighted by Crippen LogP contribution is -2.16. The second-order valence-corrected chi connectivity index (χ2v) is 6.56. The average molecular weight is 371 g/mol. The van der Waals surface area contributed by atoms with Crippen molar-refractivity contribution in [3.8, 4) is 22.9 Å². The summed E-state index contributed by atoms with van der Waals surface area (Å²) in [5.41, 5.74) is 4.46. The monoisotopic (exact) mass is 371 g/mol. The molecule has 138 valence electrons. The molecule has 0 amide bonds. The summed E-state index contributed by atoms with van der Waals surface area (Å²) >= 11 is 0. The van der Waals surface area contributed by atoms with Crippen LogP contribution in [0.15, 0.2) is 60.9 Å². The van der Waals surface area contributed by atoms with Gasteiger partial charge in [-0.3, -0.25) is 4.98 Å². The van der Waals surface area contributed by atoms with Crippen LogP contribution >= 0.6 is 0 Å². The molecule has 1 aliphatic rings. The minimum atomic E-state index is -0.986. The quantitative estimate of drug-likeness (QED) is 0.706. The molecule has 0 saturated heterocycles. The lowest BCUT2D eigenvalue weighted by Gasteiger charge is -2.13. The first-order chi connectivity index (χ1) is 13.7. The Morgan fingerprint density at radius 1 is 1.21 bits per heavy atom. The molecule has 3 aromatic rings. The Morgan fingerprint density at radius 3 is 2.75 bits per heavy atom. The summed E-state index contributed by atoms with van der Waals surface area (Å²) in [5, 5.41) is 21.4. The highest BCUT2D eigenvalue weighted by Crippen LogP contribution is 2.37. The number of hydrogen-bond acceptors (Lipinski definition) is 5. The van der Waals surface area contributed by atoms with E-state index in [1.165, 1.54) is 18.5 Å². The van der Waals surface area contributed by atoms with Crippen LogP contribution in [0.3, 0.4) is 0 Å². The van der Waals surface area contributed by atoms with Crippen molar-refractivity contribution >= 4 is 11.7 Å². The van der Waals surface area contributed by atoms with Gasteiger partial charge >= 0.3 is 5.97 Å². The van der Waals surface area contributed by atoms with Gasteiger partial charge in [0.1, 0.15) is 5.75 Å². The molecular weight excluding hydrogens is 354 g/mol. The summed E-state index contributed by atoms with van der Waals surface area (Å²) in [4.78, 5) is 15.3. The third-order valence-electron chi connectivity index (χ3n) is 4.83. The van der Waals surface area contributed by atoms with Crippen LogP contribution in [0.2, 0.25) is 0 Å². The van der Waals surface area contributed by atoms with Crippen molar-refractivity contribution in [3.63, 3.8) is 0 Å². The fraction of sp³-hybridized carbons (Fsp3) is 0.136. The lowest BCUT2D eigenvalue weighted by atomic mass is 9.97. The summed E-state index contributed by atoms with van der Waals surface area (Å²) in [6.45, 7) is 1.08. The number of aromatic nitrogens is 1. The van der Waals surface area contributed by atoms with Crippen molar-refractivity contribution in [2.75, 3.05) is 18.5 Å². The Labute approximate surface area is 162 Å². The van der Waals surface area contributed by atoms with Crippen LogP contribution in [0.5, 0.6) is 5.75 Å². The van der Waals surface area contributed by atoms with Crippen LogP contribution in [0, 0.1) is 11.3 Å². The Kier molecular flexibility index (Phi) is 4.65. The third kappa shape index (κ3) is 3.38. The number of benzene rings is 2. The summed E-state index contributed by atoms with van der Waals surface area (Å²) in [6, 6.07) is 17.1. The van der Waals surface area contributed by atoms with E-state index in [2.05, 4.69) is 16.4 Å². The van der Waals surface area contributed by atoms with Crippen LogP contribution in [-0.4, -0.2) is 29.2 Å². The van der Waals surface area contributed by atoms with Gasteiger partial charge in [0.15, 0.2) is 0 Å². The van der Waals surface area contributed by atoms with Crippen LogP contribution < -0.4 is 10.1 Å². The number of fused-ring (bicyclic) bond motifs is 1. The van der Waals surface area contributed by atoms with Crippen molar-refractivity contribution in [2.45, 2.75) is 5.92 Å². The van der Waals surface area contributed by atoms with E-state index in [0.717, 1.165) is 22.4 Å². The van der Waals surface area contributed by atoms with Crippen LogP contribution in [-0.2, 0) is 0 Å². The molecule has 0 aliphatic carbocycles. The highest BCUT2D eigenvalue weighted by atomic mass is 16.5. The first kappa shape index (κ1) is 17.6. The van der Waals surface area contributed by atoms with E-state index in [1.54, 1.807) is 12.1 Å². The lowest BCUT2D eigenvalue weighted by molar-refractivity contribution is 0.0698. The topological polar surface area (TPSA) is 95.2 Å². The van der Waals surface area contributed by atoms with E-state index in [4.69, 9.17) is 10.00 Å². The number of nitriles is 1. The molecule has 6 nitrogen and oxygen atoms in total. The van der Waals surface area contributed by atoms with Gasteiger partial charge in [0.25, 0.3) is 0 Å². The summed E-state index contributed by atoms with van der Waals surface area (Å²) < 4.78 is 5.86. The maximum absolute atomic E-state index is 11.3. The molecule has 0 fully saturated rings. The molecule has 2 aromatic carbocycles. The molecule has 0 saturated carbocycles. The van der Waals surface area contributed by atoms with E-state index in [0.29, 0.717) is 24.4 Å². The van der Waals surface area contributed by atoms with Crippen molar-refractivity contribution in [3.05, 3.63) is 77.6 Å². The van der Waals surface area contributed by atoms with Crippen molar-refractivity contribution in [1.29, 1.82) is 5.26 Å². The largest absolute Gasteiger partial charge is 0.493 e. The third-order valence-corrected chi connectivity index (χ3v) is 4.83. The van der Waals surface area contributed by atoms with Crippen LogP contribution in [0.4, 0.5) is 5.69 Å². The molecule has 4 rings (SSSR count). The molecule has 28 heavy (non-hydrogen) atoms. The van der Waals surface area contributed by atoms with E-state index in [9.17, 15) is 9.90 Å². The van der Waals surface area contributed by atoms with Gasteiger partial charge in [-0.25, -0.2) is 4.79 Å². The molecule has 2 N–H and O–H groups in total. The first-order valence-corrected chi connectivity index (χ1v) is 8.84. The average Bonchev–Trinajstić information content (AvgIpc) is 3.14. The van der Waals surface area contributed by atoms with Gasteiger partial charge in [0.05, 0.1) is 35.7 Å². The smallest absolute Gasteiger partial charge is 0.337 e. The molecule has 6 heteroatoms. The highest BCUT2D eigenvalue weighted by Gasteiger charge is 2.25. The van der Waals surface area contributed by atoms with E-state index >= 15 is 0 Å². The highest BCUT2D eigenvalue weighted by molar-refractivity contribution is 5.93. The fourth-order valence-corrected chi connectivity index (χ4v) is 3.32. The van der Waals surface area contributed by atoms with Crippen LogP contribution in [0.1, 0.15) is 27.4 Å². The van der Waals surface area contributed by atoms with Gasteiger partial charge in [-0.05, 0) is 35.4 Å². The van der Waals surface area contributed by atoms with Crippen LogP contribution in [0.25, 0.3) is 11.1 Å². The number of hydrogen-bond donors (Lipinski definition) is 2. The van der Waals surface area contributed by atoms with E-state index in [1.807, 2.05) is 30.3 Å². The van der Waals surface area contributed by atoms with Crippen molar-refractivity contribution in [1.82, 2.24) is 4.98 Å². The molecule has 1 aliphatic heterocycles. The number of nitrogens with one attached hydrogen (secondary N) is 1. The molecule has 0 radical (unpaired) electrons. The van der Waals surface area contributed by atoms with Gasteiger partial charge in [0.2, 0.25) is 0 Å². The maximum atomic E-state index is 11.3. The number of carboxylic acid groups (broad SMARTS) is 1. The van der Waals surface area contributed by atoms with Gasteiger partial charge in [-0.15, -0.1) is 0 Å². The SMILES string of the molecule is N#Cc1ccc(-c2ccc3c(c2)OC[C@@H]3CNc2cnccc2C(=O)O)cc1. The van der Waals surface area contributed by atoms with Gasteiger partial charge in [-0.2, -0.15) is 5.26 Å². The first-order valence-electron chi connectivity index (χ1n) is 8.84. The standard InChI is InChI=1S/C22H17N3O3/c23-10-14-1-3-15(4-2-14)16-5-6-18-17(13-28-21(18)9-16)11-25-20-12-24-8-7-19(20)22(26)27/h1-9,12,17,25H,11,13H2,(H,26,27)/t17-/m0/s1. The number of carboxylic acids is 1. The number of carbonyl (C=O) groups is 1. The zero-order valence-electron chi connectivity index (χ0n) is 14.9. The number of rotatable bonds is 5. The summed E-state index contributed by atoms with van der Waals surface area (Å²) in [5.74, 6) is -0.0369. The molecule has 1 aromatic heterocycles. The predicted octanol–water partition coefficient (Wildman–Crippen LogP) is 3.91. The van der Waals surface area contributed by atoms with E-state index < -0.39 is 5.97 Å². The summed E-state index contributed by atoms with van der Waals surface area (Å²) in [7, 11) is 0. The normalized spacial score (nSPS) is 14.6. The van der Waals surface area contributed by atoms with Gasteiger partial charge < -0.3 is 15.2 Å². The Hall–Kier alpha value is -3.85. The van der Waals surface area contributed by atoms with Crippen molar-refractivity contribution < 1.29 is 14.6 Å². The Balaban J connectivity index is 1.51. The van der Waals surface area contributed by atoms with Gasteiger partial charge in [-0.1, -0.05) is 24.3 Å². The molecular formula is C22H17N3O3. The molecule has 1 atom stereocenters. The second-order valence-electron chi connectivity index (χ2n) is 6.56. The number of nitrogens with zero attached hydrogens (tertiary/aromatic N) is 2. The Morgan fingerprint density at radius 2 is 2.00 bits per heavy atom. The fourth-order valence-electron chi connectivity index (χ4n) is 3.32. The molecule has 0 spiro atoms. The molecule has 2 heterocycles. The predicted molar refractivity (Wildman–Crippen MR) is 105 cm³/mol. The zero-order chi connectivity index (χ0) is 19.5. The molecule has 0 unspecified atom stereocenters. The molecule has 0 bridgehead atoms. The number of ether oxygens (including phenoxy) is 1. The minimum absolute atomic E-state index is 0.117. The van der Waals surface area contributed by atoms with Crippen molar-refractivity contribution in [2.24, 2.45) is 0 Å². The van der Waals surface area contributed by atoms with E-state index in [-0.39, 0.29) is 11.5 Å².